The maximum absolute atomic E-state index is 13.2. The molecule has 0 radical (unpaired) electrons. The van der Waals surface area contributed by atoms with Gasteiger partial charge >= 0.3 is 12.1 Å². The number of rotatable bonds is 9. The molecule has 0 N–H and O–H groups in total. The number of likely N-dealkylation sites (N-methyl/N-ethyl adjacent to an activating group) is 1. The van der Waals surface area contributed by atoms with Gasteiger partial charge in [0.05, 0.1) is 0 Å². The van der Waals surface area contributed by atoms with Crippen molar-refractivity contribution in [3.8, 4) is 5.75 Å². The second-order valence-corrected chi connectivity index (χ2v) is 7.44. The van der Waals surface area contributed by atoms with Gasteiger partial charge in [0.2, 0.25) is 0 Å². The van der Waals surface area contributed by atoms with E-state index in [1.165, 1.54) is 4.90 Å². The Kier molecular flexibility index (Phi) is 8.42. The summed E-state index contributed by atoms with van der Waals surface area (Å²) in [6.45, 7) is 8.90. The van der Waals surface area contributed by atoms with Crippen LogP contribution in [-0.4, -0.2) is 62.2 Å². The highest BCUT2D eigenvalue weighted by molar-refractivity contribution is 5.87. The summed E-state index contributed by atoms with van der Waals surface area (Å²) in [6, 6.07) is 16.6. The summed E-state index contributed by atoms with van der Waals surface area (Å²) >= 11 is 0. The molecule has 162 valence electrons. The molecule has 0 aromatic heterocycles. The zero-order valence-corrected chi connectivity index (χ0v) is 18.6. The van der Waals surface area contributed by atoms with Crippen LogP contribution in [-0.2, 0) is 14.9 Å². The van der Waals surface area contributed by atoms with Gasteiger partial charge in [-0.15, -0.1) is 0 Å². The van der Waals surface area contributed by atoms with E-state index in [2.05, 4.69) is 18.7 Å². The second-order valence-electron chi connectivity index (χ2n) is 7.44. The number of esters is 1. The number of nitrogens with zero attached hydrogens (tertiary/aromatic N) is 2. The Morgan fingerprint density at radius 3 is 2.00 bits per heavy atom. The molecule has 1 atom stereocenters. The van der Waals surface area contributed by atoms with Crippen molar-refractivity contribution >= 4 is 12.1 Å². The first-order valence-electron chi connectivity index (χ1n) is 10.3. The molecule has 0 fully saturated rings. The van der Waals surface area contributed by atoms with Gasteiger partial charge in [0.25, 0.3) is 0 Å². The van der Waals surface area contributed by atoms with E-state index in [-0.39, 0.29) is 5.97 Å². The second kappa shape index (κ2) is 10.8. The molecule has 2 aromatic carbocycles. The Hall–Kier alpha value is -2.86. The van der Waals surface area contributed by atoms with Gasteiger partial charge in [-0.3, -0.25) is 4.79 Å². The molecule has 0 bridgehead atoms. The van der Waals surface area contributed by atoms with Crippen LogP contribution in [0, 0.1) is 0 Å². The molecule has 0 spiro atoms. The molecule has 0 heterocycles. The maximum Gasteiger partial charge on any atom is 0.414 e. The minimum Gasteiger partial charge on any atom is -0.463 e. The topological polar surface area (TPSA) is 59.1 Å². The monoisotopic (exact) mass is 412 g/mol. The van der Waals surface area contributed by atoms with E-state index in [9.17, 15) is 9.59 Å². The van der Waals surface area contributed by atoms with E-state index in [0.29, 0.717) is 18.9 Å². The molecule has 1 amide bonds. The lowest BCUT2D eigenvalue weighted by Gasteiger charge is -2.29. The first kappa shape index (κ1) is 23.4. The fraction of sp³-hybridized carbons (Fsp3) is 0.417. The zero-order chi connectivity index (χ0) is 22.1. The summed E-state index contributed by atoms with van der Waals surface area (Å²) in [5.41, 5.74) is 0.635. The Morgan fingerprint density at radius 1 is 0.900 bits per heavy atom. The van der Waals surface area contributed by atoms with Crippen molar-refractivity contribution < 1.29 is 19.1 Å². The molecule has 2 rings (SSSR count). The molecular formula is C24H32N2O4. The van der Waals surface area contributed by atoms with E-state index >= 15 is 0 Å². The van der Waals surface area contributed by atoms with E-state index < -0.39 is 11.5 Å². The van der Waals surface area contributed by atoms with Gasteiger partial charge in [-0.1, -0.05) is 56.3 Å². The smallest absolute Gasteiger partial charge is 0.414 e. The third kappa shape index (κ3) is 5.60. The average molecular weight is 413 g/mol. The quantitative estimate of drug-likeness (QED) is 0.584. The van der Waals surface area contributed by atoms with Gasteiger partial charge < -0.3 is 19.3 Å². The predicted molar refractivity (Wildman–Crippen MR) is 118 cm³/mol. The highest BCUT2D eigenvalue weighted by Crippen LogP contribution is 2.34. The molecule has 2 aromatic rings. The highest BCUT2D eigenvalue weighted by Gasteiger charge is 2.38. The molecule has 1 unspecified atom stereocenters. The van der Waals surface area contributed by atoms with Crippen molar-refractivity contribution in [2.45, 2.75) is 26.2 Å². The van der Waals surface area contributed by atoms with Gasteiger partial charge in [-0.05, 0) is 43.3 Å². The van der Waals surface area contributed by atoms with Crippen LogP contribution >= 0.6 is 0 Å². The molecule has 0 saturated carbocycles. The minimum atomic E-state index is -0.978. The standard InChI is InChI=1S/C24H32N2O4/c1-6-26(7-2)17-18-29-22(27)24(3,19-11-9-8-10-12-19)20-13-15-21(16-14-20)30-23(28)25(4)5/h8-16H,6-7,17-18H2,1-5H3. The number of carbonyl (C=O) groups is 2. The van der Waals surface area contributed by atoms with E-state index in [0.717, 1.165) is 24.2 Å². The van der Waals surface area contributed by atoms with Crippen LogP contribution in [0.1, 0.15) is 31.9 Å². The molecule has 0 saturated heterocycles. The van der Waals surface area contributed by atoms with Gasteiger partial charge in [-0.2, -0.15) is 0 Å². The predicted octanol–water partition coefficient (Wildman–Crippen LogP) is 3.94. The van der Waals surface area contributed by atoms with Crippen molar-refractivity contribution in [1.29, 1.82) is 0 Å². The SMILES string of the molecule is CCN(CC)CCOC(=O)C(C)(c1ccccc1)c1ccc(OC(=O)N(C)C)cc1. The molecular weight excluding hydrogens is 380 g/mol. The van der Waals surface area contributed by atoms with E-state index in [4.69, 9.17) is 9.47 Å². The van der Waals surface area contributed by atoms with Crippen LogP contribution in [0.25, 0.3) is 0 Å². The zero-order valence-electron chi connectivity index (χ0n) is 18.6. The number of hydrogen-bond acceptors (Lipinski definition) is 5. The number of benzene rings is 2. The lowest BCUT2D eigenvalue weighted by atomic mass is 9.76. The summed E-state index contributed by atoms with van der Waals surface area (Å²) in [7, 11) is 3.24. The van der Waals surface area contributed by atoms with Crippen LogP contribution in [0.15, 0.2) is 54.6 Å². The summed E-state index contributed by atoms with van der Waals surface area (Å²) in [4.78, 5) is 28.6. The van der Waals surface area contributed by atoms with Crippen LogP contribution < -0.4 is 4.74 Å². The number of carbonyl (C=O) groups excluding carboxylic acids is 2. The van der Waals surface area contributed by atoms with Crippen molar-refractivity contribution in [3.05, 3.63) is 65.7 Å². The van der Waals surface area contributed by atoms with Crippen molar-refractivity contribution in [2.75, 3.05) is 40.3 Å². The molecule has 0 aliphatic carbocycles. The van der Waals surface area contributed by atoms with Gasteiger partial charge in [-0.25, -0.2) is 4.79 Å². The van der Waals surface area contributed by atoms with Crippen LogP contribution in [0.3, 0.4) is 0 Å². The lowest BCUT2D eigenvalue weighted by molar-refractivity contribution is -0.148. The van der Waals surface area contributed by atoms with Crippen LogP contribution in [0.2, 0.25) is 0 Å². The van der Waals surface area contributed by atoms with E-state index in [1.54, 1.807) is 38.4 Å². The summed E-state index contributed by atoms with van der Waals surface area (Å²) in [6.07, 6.45) is -0.454. The Labute approximate surface area is 179 Å². The number of amides is 1. The van der Waals surface area contributed by atoms with Crippen LogP contribution in [0.5, 0.6) is 5.75 Å². The Bertz CT molecular complexity index is 817. The van der Waals surface area contributed by atoms with Crippen LogP contribution in [0.4, 0.5) is 4.79 Å². The number of hydrogen-bond donors (Lipinski definition) is 0. The van der Waals surface area contributed by atoms with Gasteiger partial charge in [0.15, 0.2) is 0 Å². The fourth-order valence-electron chi connectivity index (χ4n) is 3.17. The fourth-order valence-corrected chi connectivity index (χ4v) is 3.17. The first-order chi connectivity index (χ1) is 14.3. The Balaban J connectivity index is 2.27. The molecule has 6 nitrogen and oxygen atoms in total. The lowest BCUT2D eigenvalue weighted by Crippen LogP contribution is -2.37. The Morgan fingerprint density at radius 2 is 1.47 bits per heavy atom. The summed E-state index contributed by atoms with van der Waals surface area (Å²) in [5.74, 6) is 0.113. The molecule has 6 heteroatoms. The van der Waals surface area contributed by atoms with Gasteiger partial charge in [0.1, 0.15) is 17.8 Å². The highest BCUT2D eigenvalue weighted by atomic mass is 16.6. The molecule has 0 aliphatic heterocycles. The largest absolute Gasteiger partial charge is 0.463 e. The van der Waals surface area contributed by atoms with Crippen molar-refractivity contribution in [2.24, 2.45) is 0 Å². The number of ether oxygens (including phenoxy) is 2. The normalized spacial score (nSPS) is 12.9. The third-order valence-corrected chi connectivity index (χ3v) is 5.30. The van der Waals surface area contributed by atoms with Gasteiger partial charge in [0, 0.05) is 20.6 Å². The molecule has 30 heavy (non-hydrogen) atoms. The minimum absolute atomic E-state index is 0.307. The molecule has 0 aliphatic rings. The van der Waals surface area contributed by atoms with E-state index in [1.807, 2.05) is 37.3 Å². The van der Waals surface area contributed by atoms with Crippen molar-refractivity contribution in [1.82, 2.24) is 9.80 Å². The summed E-state index contributed by atoms with van der Waals surface area (Å²) in [5, 5.41) is 0. The third-order valence-electron chi connectivity index (χ3n) is 5.30. The average Bonchev–Trinajstić information content (AvgIpc) is 2.77. The van der Waals surface area contributed by atoms with Crippen molar-refractivity contribution in [3.63, 3.8) is 0 Å². The maximum atomic E-state index is 13.2. The summed E-state index contributed by atoms with van der Waals surface area (Å²) < 4.78 is 11.0. The first-order valence-corrected chi connectivity index (χ1v) is 10.3.